The number of hydrogen-bond acceptors (Lipinski definition) is 4. The van der Waals surface area contributed by atoms with Crippen LogP contribution in [0.3, 0.4) is 0 Å². The highest BCUT2D eigenvalue weighted by Gasteiger charge is 2.20. The number of amides is 1. The van der Waals surface area contributed by atoms with Crippen LogP contribution in [0.1, 0.15) is 27.0 Å². The molecule has 24 heavy (non-hydrogen) atoms. The Bertz CT molecular complexity index is 776. The van der Waals surface area contributed by atoms with Crippen molar-refractivity contribution < 1.29 is 14.3 Å². The van der Waals surface area contributed by atoms with Crippen LogP contribution in [0.4, 0.5) is 0 Å². The molecule has 0 N–H and O–H groups in total. The molecule has 0 saturated carbocycles. The maximum absolute atomic E-state index is 12.7. The van der Waals surface area contributed by atoms with Crippen molar-refractivity contribution in [1.29, 1.82) is 5.26 Å². The number of nitriles is 1. The molecule has 2 aromatic carbocycles. The summed E-state index contributed by atoms with van der Waals surface area (Å²) in [6, 6.07) is 16.0. The standard InChI is InChI=1S/C19H18N2O3/c1-14-5-3-4-6-17(14)12-21(13-18(22)24-2)19(23)16-9-7-15(11-20)8-10-16/h3-10H,12-13H2,1-2H3. The van der Waals surface area contributed by atoms with Gasteiger partial charge in [0.15, 0.2) is 0 Å². The van der Waals surface area contributed by atoms with Crippen molar-refractivity contribution in [2.45, 2.75) is 13.5 Å². The maximum atomic E-state index is 12.7. The lowest BCUT2D eigenvalue weighted by Crippen LogP contribution is -2.36. The third kappa shape index (κ3) is 4.20. The monoisotopic (exact) mass is 322 g/mol. The fraction of sp³-hybridized carbons (Fsp3) is 0.211. The van der Waals surface area contributed by atoms with Crippen LogP contribution in [0.15, 0.2) is 48.5 Å². The van der Waals surface area contributed by atoms with Gasteiger partial charge in [0.05, 0.1) is 18.7 Å². The van der Waals surface area contributed by atoms with E-state index in [-0.39, 0.29) is 12.5 Å². The number of aryl methyl sites for hydroxylation is 1. The summed E-state index contributed by atoms with van der Waals surface area (Å²) in [5.74, 6) is -0.765. The van der Waals surface area contributed by atoms with Crippen LogP contribution in [-0.4, -0.2) is 30.4 Å². The predicted molar refractivity (Wildman–Crippen MR) is 89.1 cm³/mol. The van der Waals surface area contributed by atoms with E-state index in [9.17, 15) is 9.59 Å². The second-order valence-electron chi connectivity index (χ2n) is 5.35. The highest BCUT2D eigenvalue weighted by atomic mass is 16.5. The van der Waals surface area contributed by atoms with Crippen molar-refractivity contribution in [3.05, 3.63) is 70.8 Å². The van der Waals surface area contributed by atoms with Crippen molar-refractivity contribution in [2.75, 3.05) is 13.7 Å². The topological polar surface area (TPSA) is 70.4 Å². The van der Waals surface area contributed by atoms with Crippen LogP contribution in [0.25, 0.3) is 0 Å². The van der Waals surface area contributed by atoms with Crippen LogP contribution in [-0.2, 0) is 16.1 Å². The Morgan fingerprint density at radius 1 is 1.12 bits per heavy atom. The van der Waals surface area contributed by atoms with Crippen LogP contribution in [0.5, 0.6) is 0 Å². The van der Waals surface area contributed by atoms with Gasteiger partial charge >= 0.3 is 5.97 Å². The number of methoxy groups -OCH3 is 1. The predicted octanol–water partition coefficient (Wildman–Crippen LogP) is 2.68. The summed E-state index contributed by atoms with van der Waals surface area (Å²) < 4.78 is 4.70. The Hall–Kier alpha value is -3.13. The minimum absolute atomic E-state index is 0.135. The summed E-state index contributed by atoms with van der Waals surface area (Å²) in [7, 11) is 1.29. The second-order valence-corrected chi connectivity index (χ2v) is 5.35. The summed E-state index contributed by atoms with van der Waals surface area (Å²) in [5.41, 5.74) is 2.90. The first-order valence-corrected chi connectivity index (χ1v) is 7.46. The van der Waals surface area contributed by atoms with Gasteiger partial charge in [-0.2, -0.15) is 5.26 Å². The molecule has 0 aliphatic carbocycles. The highest BCUT2D eigenvalue weighted by molar-refractivity contribution is 5.96. The molecule has 0 aliphatic rings. The van der Waals surface area contributed by atoms with Crippen LogP contribution in [0.2, 0.25) is 0 Å². The zero-order valence-electron chi connectivity index (χ0n) is 13.7. The molecule has 0 atom stereocenters. The third-order valence-corrected chi connectivity index (χ3v) is 3.72. The largest absolute Gasteiger partial charge is 0.468 e. The van der Waals surface area contributed by atoms with Gasteiger partial charge in [0, 0.05) is 12.1 Å². The SMILES string of the molecule is COC(=O)CN(Cc1ccccc1C)C(=O)c1ccc(C#N)cc1. The number of rotatable bonds is 5. The van der Waals surface area contributed by atoms with Gasteiger partial charge in [0.1, 0.15) is 6.54 Å². The summed E-state index contributed by atoms with van der Waals surface area (Å²) in [5, 5.41) is 8.85. The van der Waals surface area contributed by atoms with Crippen LogP contribution < -0.4 is 0 Å². The zero-order chi connectivity index (χ0) is 17.5. The molecule has 0 bridgehead atoms. The average molecular weight is 322 g/mol. The van der Waals surface area contributed by atoms with Gasteiger partial charge in [-0.1, -0.05) is 24.3 Å². The number of nitrogens with zero attached hydrogens (tertiary/aromatic N) is 2. The Kier molecular flexibility index (Phi) is 5.69. The molecular formula is C19H18N2O3. The van der Waals surface area contributed by atoms with E-state index >= 15 is 0 Å². The number of hydrogen-bond donors (Lipinski definition) is 0. The Labute approximate surface area is 141 Å². The molecule has 0 heterocycles. The Morgan fingerprint density at radius 3 is 2.38 bits per heavy atom. The maximum Gasteiger partial charge on any atom is 0.325 e. The normalized spacial score (nSPS) is 9.88. The Morgan fingerprint density at radius 2 is 1.79 bits per heavy atom. The van der Waals surface area contributed by atoms with E-state index in [1.54, 1.807) is 24.3 Å². The number of carbonyl (C=O) groups excluding carboxylic acids is 2. The zero-order valence-corrected chi connectivity index (χ0v) is 13.7. The quantitative estimate of drug-likeness (QED) is 0.794. The summed E-state index contributed by atoms with van der Waals surface area (Å²) in [4.78, 5) is 25.9. The van der Waals surface area contributed by atoms with E-state index < -0.39 is 5.97 Å². The number of ether oxygens (including phenoxy) is 1. The van der Waals surface area contributed by atoms with Crippen molar-refractivity contribution >= 4 is 11.9 Å². The van der Waals surface area contributed by atoms with Gasteiger partial charge in [-0.3, -0.25) is 9.59 Å². The molecule has 2 aromatic rings. The molecular weight excluding hydrogens is 304 g/mol. The molecule has 0 spiro atoms. The molecule has 122 valence electrons. The average Bonchev–Trinajstić information content (AvgIpc) is 2.62. The van der Waals surface area contributed by atoms with Gasteiger partial charge in [0.25, 0.3) is 5.91 Å². The fourth-order valence-corrected chi connectivity index (χ4v) is 2.28. The van der Waals surface area contributed by atoms with E-state index in [0.717, 1.165) is 11.1 Å². The smallest absolute Gasteiger partial charge is 0.325 e. The van der Waals surface area contributed by atoms with Gasteiger partial charge in [-0.05, 0) is 42.3 Å². The molecule has 0 radical (unpaired) electrons. The van der Waals surface area contributed by atoms with E-state index in [1.165, 1.54) is 12.0 Å². The van der Waals surface area contributed by atoms with Crippen LogP contribution in [0, 0.1) is 18.3 Å². The lowest BCUT2D eigenvalue weighted by Gasteiger charge is -2.22. The summed E-state index contributed by atoms with van der Waals surface area (Å²) in [6.45, 7) is 2.13. The third-order valence-electron chi connectivity index (χ3n) is 3.72. The molecule has 0 unspecified atom stereocenters. The van der Waals surface area contributed by atoms with E-state index in [2.05, 4.69) is 0 Å². The van der Waals surface area contributed by atoms with Gasteiger partial charge in [-0.25, -0.2) is 0 Å². The minimum atomic E-state index is -0.481. The molecule has 0 aromatic heterocycles. The molecule has 2 rings (SSSR count). The molecule has 0 saturated heterocycles. The first-order chi connectivity index (χ1) is 11.5. The molecule has 5 nitrogen and oxygen atoms in total. The van der Waals surface area contributed by atoms with Gasteiger partial charge in [0.2, 0.25) is 0 Å². The fourth-order valence-electron chi connectivity index (χ4n) is 2.28. The van der Waals surface area contributed by atoms with E-state index in [0.29, 0.717) is 17.7 Å². The highest BCUT2D eigenvalue weighted by Crippen LogP contribution is 2.14. The minimum Gasteiger partial charge on any atom is -0.468 e. The van der Waals surface area contributed by atoms with Crippen molar-refractivity contribution in [3.8, 4) is 6.07 Å². The lowest BCUT2D eigenvalue weighted by atomic mass is 10.1. The summed E-state index contributed by atoms with van der Waals surface area (Å²) in [6.07, 6.45) is 0. The second kappa shape index (κ2) is 7.93. The molecule has 1 amide bonds. The number of carbonyl (C=O) groups is 2. The first-order valence-electron chi connectivity index (χ1n) is 7.46. The van der Waals surface area contributed by atoms with Crippen molar-refractivity contribution in [2.24, 2.45) is 0 Å². The molecule has 0 fully saturated rings. The number of esters is 1. The van der Waals surface area contributed by atoms with Crippen LogP contribution >= 0.6 is 0 Å². The summed E-state index contributed by atoms with van der Waals surface area (Å²) >= 11 is 0. The van der Waals surface area contributed by atoms with Crippen molar-refractivity contribution in [1.82, 2.24) is 4.90 Å². The van der Waals surface area contributed by atoms with E-state index in [1.807, 2.05) is 37.3 Å². The lowest BCUT2D eigenvalue weighted by molar-refractivity contribution is -0.141. The molecule has 0 aliphatic heterocycles. The first kappa shape index (κ1) is 17.2. The van der Waals surface area contributed by atoms with Crippen molar-refractivity contribution in [3.63, 3.8) is 0 Å². The van der Waals surface area contributed by atoms with Gasteiger partial charge in [-0.15, -0.1) is 0 Å². The Balaban J connectivity index is 2.27. The van der Waals surface area contributed by atoms with E-state index in [4.69, 9.17) is 10.00 Å². The number of benzene rings is 2. The molecule has 5 heteroatoms. The van der Waals surface area contributed by atoms with Gasteiger partial charge < -0.3 is 9.64 Å².